The highest BCUT2D eigenvalue weighted by Crippen LogP contribution is 2.37. The number of anilines is 1. The monoisotopic (exact) mass is 469 g/mol. The van der Waals surface area contributed by atoms with Crippen molar-refractivity contribution < 1.29 is 19.2 Å². The third-order valence-electron chi connectivity index (χ3n) is 4.72. The lowest BCUT2D eigenvalue weighted by Gasteiger charge is -2.08. The summed E-state index contributed by atoms with van der Waals surface area (Å²) in [6.45, 7) is 1.81. The van der Waals surface area contributed by atoms with Crippen molar-refractivity contribution in [3.63, 3.8) is 0 Å². The number of nitrogens with zero attached hydrogens (tertiary/aromatic N) is 1. The van der Waals surface area contributed by atoms with Gasteiger partial charge in [0.15, 0.2) is 0 Å². The molecule has 32 heavy (non-hydrogen) atoms. The zero-order valence-corrected chi connectivity index (χ0v) is 18.3. The number of halogens is 1. The van der Waals surface area contributed by atoms with E-state index in [0.29, 0.717) is 21.7 Å². The van der Waals surface area contributed by atoms with Crippen molar-refractivity contribution in [1.82, 2.24) is 4.98 Å². The summed E-state index contributed by atoms with van der Waals surface area (Å²) in [6, 6.07) is 12.9. The van der Waals surface area contributed by atoms with Gasteiger partial charge in [-0.3, -0.25) is 14.9 Å². The Balaban J connectivity index is 1.73. The fraction of sp³-hybridized carbons (Fsp3) is 0.0909. The lowest BCUT2D eigenvalue weighted by molar-refractivity contribution is -0.384. The molecule has 1 amide bonds. The quantitative estimate of drug-likeness (QED) is 0.207. The number of carbonyl (C=O) groups excluding carboxylic acids is 2. The number of ether oxygens (including phenoxy) is 1. The van der Waals surface area contributed by atoms with Gasteiger partial charge in [-0.15, -0.1) is 11.3 Å². The van der Waals surface area contributed by atoms with Crippen molar-refractivity contribution in [1.29, 1.82) is 0 Å². The molecule has 162 valence electrons. The molecular weight excluding hydrogens is 454 g/mol. The first-order valence-corrected chi connectivity index (χ1v) is 10.8. The standard InChI is InChI=1S/C22H16ClN3O5S/c1-2-31-22(28)18-15(12-5-3-7-14(9-12)26(29)30)11-32-21(18)25-20(27)17-10-13-6-4-8-16(23)19(13)24-17/h3-11,24H,2H2,1H3,(H,25,27). The first-order valence-electron chi connectivity index (χ1n) is 9.51. The molecule has 0 saturated carbocycles. The number of aromatic nitrogens is 1. The van der Waals surface area contributed by atoms with E-state index in [2.05, 4.69) is 10.3 Å². The molecule has 0 aliphatic heterocycles. The van der Waals surface area contributed by atoms with Gasteiger partial charge in [-0.2, -0.15) is 0 Å². The van der Waals surface area contributed by atoms with E-state index in [0.717, 1.165) is 16.7 Å². The van der Waals surface area contributed by atoms with E-state index in [1.54, 1.807) is 36.6 Å². The van der Waals surface area contributed by atoms with E-state index in [4.69, 9.17) is 16.3 Å². The van der Waals surface area contributed by atoms with E-state index >= 15 is 0 Å². The number of H-pyrrole nitrogens is 1. The number of hydrogen-bond acceptors (Lipinski definition) is 6. The highest BCUT2D eigenvalue weighted by molar-refractivity contribution is 7.15. The molecule has 0 saturated heterocycles. The summed E-state index contributed by atoms with van der Waals surface area (Å²) >= 11 is 7.30. The third kappa shape index (κ3) is 4.08. The van der Waals surface area contributed by atoms with Gasteiger partial charge in [0, 0.05) is 28.5 Å². The number of nitro benzene ring substituents is 1. The highest BCUT2D eigenvalue weighted by Gasteiger charge is 2.24. The third-order valence-corrected chi connectivity index (χ3v) is 5.93. The Morgan fingerprint density at radius 2 is 2.00 bits per heavy atom. The summed E-state index contributed by atoms with van der Waals surface area (Å²) < 4.78 is 5.18. The molecule has 8 nitrogen and oxygen atoms in total. The van der Waals surface area contributed by atoms with Crippen LogP contribution in [0.3, 0.4) is 0 Å². The molecule has 0 aliphatic carbocycles. The number of hydrogen-bond donors (Lipinski definition) is 2. The maximum atomic E-state index is 12.9. The number of esters is 1. The minimum Gasteiger partial charge on any atom is -0.462 e. The SMILES string of the molecule is CCOC(=O)c1c(-c2cccc([N+](=O)[O-])c2)csc1NC(=O)c1cc2cccc(Cl)c2[nH]1. The summed E-state index contributed by atoms with van der Waals surface area (Å²) in [4.78, 5) is 39.2. The van der Waals surface area contributed by atoms with Crippen LogP contribution in [0.25, 0.3) is 22.0 Å². The van der Waals surface area contributed by atoms with E-state index < -0.39 is 16.8 Å². The number of benzene rings is 2. The first-order chi connectivity index (χ1) is 15.4. The maximum absolute atomic E-state index is 12.9. The average molecular weight is 470 g/mol. The van der Waals surface area contributed by atoms with Gasteiger partial charge in [0.1, 0.15) is 16.3 Å². The van der Waals surface area contributed by atoms with Crippen LogP contribution < -0.4 is 5.32 Å². The van der Waals surface area contributed by atoms with Crippen molar-refractivity contribution in [3.05, 3.63) is 80.3 Å². The zero-order valence-electron chi connectivity index (χ0n) is 16.7. The Kier molecular flexibility index (Phi) is 5.93. The van der Waals surface area contributed by atoms with Crippen molar-refractivity contribution >= 4 is 56.4 Å². The van der Waals surface area contributed by atoms with Crippen LogP contribution in [0.5, 0.6) is 0 Å². The molecule has 2 aromatic heterocycles. The predicted octanol–water partition coefficient (Wildman–Crippen LogP) is 5.89. The van der Waals surface area contributed by atoms with E-state index in [1.807, 2.05) is 6.07 Å². The molecule has 0 aliphatic rings. The van der Waals surface area contributed by atoms with Crippen LogP contribution in [0.1, 0.15) is 27.8 Å². The summed E-state index contributed by atoms with van der Waals surface area (Å²) in [5.41, 5.74) is 1.84. The van der Waals surface area contributed by atoms with Gasteiger partial charge >= 0.3 is 5.97 Å². The Morgan fingerprint density at radius 3 is 2.72 bits per heavy atom. The average Bonchev–Trinajstić information content (AvgIpc) is 3.39. The second kappa shape index (κ2) is 8.81. The number of para-hydroxylation sites is 1. The van der Waals surface area contributed by atoms with Gasteiger partial charge in [0.2, 0.25) is 0 Å². The van der Waals surface area contributed by atoms with E-state index in [1.165, 1.54) is 18.2 Å². The summed E-state index contributed by atoms with van der Waals surface area (Å²) in [5.74, 6) is -1.10. The van der Waals surface area contributed by atoms with Gasteiger partial charge in [-0.25, -0.2) is 4.79 Å². The van der Waals surface area contributed by atoms with Crippen molar-refractivity contribution in [2.45, 2.75) is 6.92 Å². The molecule has 0 spiro atoms. The number of nitro groups is 1. The molecule has 0 atom stereocenters. The van der Waals surface area contributed by atoms with Gasteiger partial charge in [-0.05, 0) is 24.6 Å². The number of rotatable bonds is 6. The van der Waals surface area contributed by atoms with E-state index in [-0.39, 0.29) is 28.6 Å². The number of non-ortho nitro benzene ring substituents is 1. The van der Waals surface area contributed by atoms with Crippen LogP contribution in [0.2, 0.25) is 5.02 Å². The Bertz CT molecular complexity index is 1360. The maximum Gasteiger partial charge on any atom is 0.341 e. The number of fused-ring (bicyclic) bond motifs is 1. The molecule has 2 N–H and O–H groups in total. The summed E-state index contributed by atoms with van der Waals surface area (Å²) in [7, 11) is 0. The Morgan fingerprint density at radius 1 is 1.22 bits per heavy atom. The number of nitrogens with one attached hydrogen (secondary N) is 2. The zero-order chi connectivity index (χ0) is 22.8. The second-order valence-corrected chi connectivity index (χ2v) is 8.01. The minimum atomic E-state index is -0.634. The van der Waals surface area contributed by atoms with Crippen LogP contribution in [-0.2, 0) is 4.74 Å². The predicted molar refractivity (Wildman–Crippen MR) is 124 cm³/mol. The smallest absolute Gasteiger partial charge is 0.341 e. The van der Waals surface area contributed by atoms with Crippen LogP contribution >= 0.6 is 22.9 Å². The lowest BCUT2D eigenvalue weighted by atomic mass is 10.0. The molecule has 2 aromatic carbocycles. The fourth-order valence-electron chi connectivity index (χ4n) is 3.27. The molecular formula is C22H16ClN3O5S. The van der Waals surface area contributed by atoms with Crippen LogP contribution in [0, 0.1) is 10.1 Å². The number of carbonyl (C=O) groups is 2. The van der Waals surface area contributed by atoms with Gasteiger partial charge in [-0.1, -0.05) is 35.9 Å². The lowest BCUT2D eigenvalue weighted by Crippen LogP contribution is -2.15. The second-order valence-electron chi connectivity index (χ2n) is 6.72. The molecule has 0 unspecified atom stereocenters. The molecule has 0 bridgehead atoms. The topological polar surface area (TPSA) is 114 Å². The molecule has 4 aromatic rings. The van der Waals surface area contributed by atoms with Gasteiger partial charge < -0.3 is 15.0 Å². The van der Waals surface area contributed by atoms with Gasteiger partial charge in [0.25, 0.3) is 11.6 Å². The fourth-order valence-corrected chi connectivity index (χ4v) is 4.45. The molecule has 10 heteroatoms. The van der Waals surface area contributed by atoms with E-state index in [9.17, 15) is 19.7 Å². The van der Waals surface area contributed by atoms with Crippen LogP contribution in [0.15, 0.2) is 53.9 Å². The number of thiophene rings is 1. The van der Waals surface area contributed by atoms with Gasteiger partial charge in [0.05, 0.1) is 22.1 Å². The molecule has 2 heterocycles. The minimum absolute atomic E-state index is 0.107. The summed E-state index contributed by atoms with van der Waals surface area (Å²) in [5, 5.41) is 17.1. The molecule has 4 rings (SSSR count). The number of amides is 1. The van der Waals surface area contributed by atoms with Crippen molar-refractivity contribution in [2.75, 3.05) is 11.9 Å². The largest absolute Gasteiger partial charge is 0.462 e. The van der Waals surface area contributed by atoms with Crippen LogP contribution in [0.4, 0.5) is 10.7 Å². The Hall–Kier alpha value is -3.69. The molecule has 0 fully saturated rings. The highest BCUT2D eigenvalue weighted by atomic mass is 35.5. The normalized spacial score (nSPS) is 10.8. The summed E-state index contributed by atoms with van der Waals surface area (Å²) in [6.07, 6.45) is 0. The Labute approximate surface area is 190 Å². The van der Waals surface area contributed by atoms with Crippen molar-refractivity contribution in [3.8, 4) is 11.1 Å². The number of aromatic amines is 1. The first kappa shape index (κ1) is 21.5. The van der Waals surface area contributed by atoms with Crippen molar-refractivity contribution in [2.24, 2.45) is 0 Å². The molecule has 0 radical (unpaired) electrons. The van der Waals surface area contributed by atoms with Crippen LogP contribution in [-0.4, -0.2) is 28.4 Å².